The largest absolute Gasteiger partial charge is 0.490 e. The maximum Gasteiger partial charge on any atom is 0.251 e. The minimum atomic E-state index is -0.317. The highest BCUT2D eigenvalue weighted by Crippen LogP contribution is 2.34. The van der Waals surface area contributed by atoms with Crippen molar-refractivity contribution in [2.75, 3.05) is 26.3 Å². The van der Waals surface area contributed by atoms with Gasteiger partial charge in [-0.25, -0.2) is 0 Å². The minimum Gasteiger partial charge on any atom is -0.490 e. The van der Waals surface area contributed by atoms with Crippen molar-refractivity contribution >= 4 is 35.0 Å². The zero-order chi connectivity index (χ0) is 30.5. The third kappa shape index (κ3) is 8.22. The third-order valence-electron chi connectivity index (χ3n) is 7.88. The first-order valence-electron chi connectivity index (χ1n) is 14.9. The number of halogens is 2. The summed E-state index contributed by atoms with van der Waals surface area (Å²) in [7, 11) is 0. The Bertz CT molecular complexity index is 1420. The van der Waals surface area contributed by atoms with Gasteiger partial charge in [-0.1, -0.05) is 52.5 Å². The molecule has 2 N–H and O–H groups in total. The lowest BCUT2D eigenvalue weighted by molar-refractivity contribution is -0.138. The van der Waals surface area contributed by atoms with E-state index in [-0.39, 0.29) is 43.0 Å². The summed E-state index contributed by atoms with van der Waals surface area (Å²) in [5.41, 5.74) is 5.02. The monoisotopic (exact) mass is 623 g/mol. The van der Waals surface area contributed by atoms with Gasteiger partial charge in [0, 0.05) is 30.7 Å². The van der Waals surface area contributed by atoms with Crippen LogP contribution in [0.4, 0.5) is 0 Å². The van der Waals surface area contributed by atoms with Crippen molar-refractivity contribution in [3.05, 3.63) is 92.5 Å². The first-order valence-corrected chi connectivity index (χ1v) is 15.6. The Hall–Kier alpha value is -3.26. The van der Waals surface area contributed by atoms with E-state index in [1.807, 2.05) is 11.8 Å². The van der Waals surface area contributed by atoms with E-state index in [0.29, 0.717) is 46.6 Å². The van der Waals surface area contributed by atoms with Crippen molar-refractivity contribution in [1.82, 2.24) is 15.5 Å². The van der Waals surface area contributed by atoms with Crippen molar-refractivity contribution in [2.24, 2.45) is 5.92 Å². The smallest absolute Gasteiger partial charge is 0.251 e. The van der Waals surface area contributed by atoms with Gasteiger partial charge in [-0.05, 0) is 94.1 Å². The maximum atomic E-state index is 13.9. The summed E-state index contributed by atoms with van der Waals surface area (Å²) < 4.78 is 11.5. The highest BCUT2D eigenvalue weighted by atomic mass is 35.5. The number of carbonyl (C=O) groups is 2. The molecule has 2 fully saturated rings. The second-order valence-corrected chi connectivity index (χ2v) is 12.5. The molecule has 0 bridgehead atoms. The molecule has 1 saturated carbocycles. The van der Waals surface area contributed by atoms with E-state index in [2.05, 4.69) is 42.7 Å². The normalized spacial score (nSPS) is 18.2. The summed E-state index contributed by atoms with van der Waals surface area (Å²) >= 11 is 12.5. The number of hydrogen-bond acceptors (Lipinski definition) is 5. The van der Waals surface area contributed by atoms with Gasteiger partial charge in [0.2, 0.25) is 5.91 Å². The van der Waals surface area contributed by atoms with E-state index < -0.39 is 0 Å². The molecule has 3 aromatic carbocycles. The van der Waals surface area contributed by atoms with Crippen LogP contribution in [-0.4, -0.2) is 55.1 Å². The molecule has 1 aliphatic heterocycles. The molecule has 43 heavy (non-hydrogen) atoms. The summed E-state index contributed by atoms with van der Waals surface area (Å²) in [5, 5.41) is 7.44. The molecular weight excluding hydrogens is 585 g/mol. The van der Waals surface area contributed by atoms with Crippen LogP contribution in [0.3, 0.4) is 0 Å². The predicted octanol–water partition coefficient (Wildman–Crippen LogP) is 6.28. The first kappa shape index (κ1) is 31.2. The molecule has 0 spiro atoms. The fourth-order valence-electron chi connectivity index (χ4n) is 5.72. The molecular formula is C34H39Cl2N3O4. The Morgan fingerprint density at radius 1 is 0.884 bits per heavy atom. The van der Waals surface area contributed by atoms with Gasteiger partial charge >= 0.3 is 0 Å². The number of piperidine rings is 1. The Labute approximate surface area is 263 Å². The van der Waals surface area contributed by atoms with E-state index in [1.54, 1.807) is 36.4 Å². The molecule has 228 valence electrons. The van der Waals surface area contributed by atoms with Gasteiger partial charge in [0.1, 0.15) is 19.0 Å². The van der Waals surface area contributed by atoms with Crippen LogP contribution in [0.15, 0.2) is 54.6 Å². The Balaban J connectivity index is 1.16. The van der Waals surface area contributed by atoms with Crippen molar-refractivity contribution in [3.8, 4) is 11.5 Å². The molecule has 2 unspecified atom stereocenters. The third-order valence-corrected chi connectivity index (χ3v) is 8.44. The number of hydrogen-bond donors (Lipinski definition) is 2. The molecule has 1 heterocycles. The van der Waals surface area contributed by atoms with Gasteiger partial charge in [-0.3, -0.25) is 9.59 Å². The summed E-state index contributed by atoms with van der Waals surface area (Å²) in [4.78, 5) is 29.2. The molecule has 9 heteroatoms. The minimum absolute atomic E-state index is 0.110. The number of aryl methyl sites for hydroxylation is 3. The molecule has 2 aliphatic rings. The van der Waals surface area contributed by atoms with Gasteiger partial charge in [-0.15, -0.1) is 0 Å². The van der Waals surface area contributed by atoms with E-state index in [4.69, 9.17) is 32.7 Å². The maximum absolute atomic E-state index is 13.9. The van der Waals surface area contributed by atoms with Crippen molar-refractivity contribution in [3.63, 3.8) is 0 Å². The summed E-state index contributed by atoms with van der Waals surface area (Å²) in [6, 6.07) is 17.1. The van der Waals surface area contributed by atoms with Crippen LogP contribution in [0, 0.1) is 26.7 Å². The van der Waals surface area contributed by atoms with Crippen molar-refractivity contribution in [2.45, 2.75) is 58.7 Å². The topological polar surface area (TPSA) is 79.9 Å². The first-order chi connectivity index (χ1) is 20.7. The molecule has 2 atom stereocenters. The highest BCUT2D eigenvalue weighted by Gasteiger charge is 2.40. The second-order valence-electron chi connectivity index (χ2n) is 11.7. The van der Waals surface area contributed by atoms with Crippen molar-refractivity contribution in [1.29, 1.82) is 0 Å². The number of nitrogens with zero attached hydrogens (tertiary/aromatic N) is 1. The van der Waals surface area contributed by atoms with Gasteiger partial charge in [0.25, 0.3) is 5.91 Å². The van der Waals surface area contributed by atoms with Gasteiger partial charge < -0.3 is 25.0 Å². The summed E-state index contributed by atoms with van der Waals surface area (Å²) in [6.07, 6.45) is 2.75. The second kappa shape index (κ2) is 14.0. The van der Waals surface area contributed by atoms with Crippen LogP contribution in [-0.2, 0) is 11.3 Å². The average Bonchev–Trinajstić information content (AvgIpc) is 3.80. The number of benzene rings is 3. The van der Waals surface area contributed by atoms with E-state index in [1.165, 1.54) is 11.1 Å². The van der Waals surface area contributed by atoms with Crippen LogP contribution in [0.25, 0.3) is 0 Å². The molecule has 1 aliphatic carbocycles. The lowest BCUT2D eigenvalue weighted by Gasteiger charge is -2.36. The summed E-state index contributed by atoms with van der Waals surface area (Å²) in [5.74, 6) is 0.642. The van der Waals surface area contributed by atoms with Gasteiger partial charge in [0.05, 0.1) is 16.0 Å². The van der Waals surface area contributed by atoms with E-state index in [0.717, 1.165) is 30.5 Å². The summed E-state index contributed by atoms with van der Waals surface area (Å²) in [6.45, 7) is 8.53. The quantitative estimate of drug-likeness (QED) is 0.246. The van der Waals surface area contributed by atoms with E-state index in [9.17, 15) is 9.59 Å². The van der Waals surface area contributed by atoms with Crippen LogP contribution < -0.4 is 20.1 Å². The number of ether oxygens (including phenoxy) is 2. The number of rotatable bonds is 11. The molecule has 5 rings (SSSR count). The van der Waals surface area contributed by atoms with Gasteiger partial charge in [-0.2, -0.15) is 0 Å². The SMILES string of the molecule is Cc1cc(C)cc(CN(C(=O)C2CNCCC2NC(=O)c2ccc(OCCOc3c(Cl)cc(C)cc3Cl)cc2)C2CC2)c1. The zero-order valence-electron chi connectivity index (χ0n) is 24.9. The molecule has 0 aromatic heterocycles. The predicted molar refractivity (Wildman–Crippen MR) is 170 cm³/mol. The molecule has 7 nitrogen and oxygen atoms in total. The Kier molecular flexibility index (Phi) is 10.2. The lowest BCUT2D eigenvalue weighted by Crippen LogP contribution is -2.55. The lowest BCUT2D eigenvalue weighted by atomic mass is 9.91. The molecule has 2 amide bonds. The van der Waals surface area contributed by atoms with Crippen LogP contribution in [0.2, 0.25) is 10.0 Å². The number of nitrogens with one attached hydrogen (secondary N) is 2. The Morgan fingerprint density at radius 2 is 1.51 bits per heavy atom. The van der Waals surface area contributed by atoms with Crippen molar-refractivity contribution < 1.29 is 19.1 Å². The Morgan fingerprint density at radius 3 is 2.16 bits per heavy atom. The number of amides is 2. The molecule has 0 radical (unpaired) electrons. The average molecular weight is 625 g/mol. The molecule has 3 aromatic rings. The van der Waals surface area contributed by atoms with Crippen LogP contribution in [0.5, 0.6) is 11.5 Å². The van der Waals surface area contributed by atoms with E-state index >= 15 is 0 Å². The standard InChI is InChI=1S/C34H39Cl2N3O4/c1-21-14-22(2)16-24(15-21)20-39(26-6-7-26)34(41)28-19-37-11-10-31(28)38-33(40)25-4-8-27(9-5-25)42-12-13-43-32-29(35)17-23(3)18-30(32)36/h4-5,8-9,14-18,26,28,31,37H,6-7,10-13,19-20H2,1-3H3,(H,38,40). The van der Waals surface area contributed by atoms with Crippen LogP contribution in [0.1, 0.15) is 51.9 Å². The molecule has 1 saturated heterocycles. The number of carbonyl (C=O) groups excluding carboxylic acids is 2. The van der Waals surface area contributed by atoms with Gasteiger partial charge in [0.15, 0.2) is 5.75 Å². The zero-order valence-corrected chi connectivity index (χ0v) is 26.4. The van der Waals surface area contributed by atoms with Crippen LogP contribution >= 0.6 is 23.2 Å². The fourth-order valence-corrected chi connectivity index (χ4v) is 6.42. The fraction of sp³-hybridized carbons (Fsp3) is 0.412. The highest BCUT2D eigenvalue weighted by molar-refractivity contribution is 6.37.